The summed E-state index contributed by atoms with van der Waals surface area (Å²) in [5.41, 5.74) is 0.798. The quantitative estimate of drug-likeness (QED) is 0.305. The molecule has 1 aromatic heterocycles. The normalized spacial score (nSPS) is 11.5. The minimum atomic E-state index is -0.407. The molecule has 0 atom stereocenters. The van der Waals surface area contributed by atoms with Gasteiger partial charge in [0.25, 0.3) is 11.5 Å². The van der Waals surface area contributed by atoms with E-state index in [1.165, 1.54) is 11.1 Å². The fourth-order valence-corrected chi connectivity index (χ4v) is 3.31. The predicted octanol–water partition coefficient (Wildman–Crippen LogP) is 2.47. The predicted molar refractivity (Wildman–Crippen MR) is 120 cm³/mol. The Labute approximate surface area is 182 Å². The monoisotopic (exact) mass is 431 g/mol. The molecule has 0 saturated heterocycles. The summed E-state index contributed by atoms with van der Waals surface area (Å²) in [7, 11) is 0. The highest BCUT2D eigenvalue weighted by Gasteiger charge is 2.15. The summed E-state index contributed by atoms with van der Waals surface area (Å²) in [6.07, 6.45) is 4.21. The summed E-state index contributed by atoms with van der Waals surface area (Å²) in [5.74, 6) is -0.256. The molecule has 0 saturated carbocycles. The van der Waals surface area contributed by atoms with E-state index in [2.05, 4.69) is 5.32 Å². The van der Waals surface area contributed by atoms with Gasteiger partial charge in [-0.2, -0.15) is 0 Å². The van der Waals surface area contributed by atoms with Gasteiger partial charge in [0.2, 0.25) is 6.41 Å². The third-order valence-corrected chi connectivity index (χ3v) is 4.67. The van der Waals surface area contributed by atoms with Gasteiger partial charge < -0.3 is 15.0 Å². The summed E-state index contributed by atoms with van der Waals surface area (Å²) in [6.45, 7) is 6.90. The van der Waals surface area contributed by atoms with Crippen LogP contribution in [0.2, 0.25) is 0 Å². The number of hydrogen-bond acceptors (Lipinski definition) is 5. The average molecular weight is 432 g/mol. The number of hydrogen-bond donors (Lipinski definition) is 2. The fraction of sp³-hybridized carbons (Fsp3) is 0.522. The van der Waals surface area contributed by atoms with Gasteiger partial charge in [-0.3, -0.25) is 19.2 Å². The molecular formula is C23H33N3O5. The van der Waals surface area contributed by atoms with Crippen LogP contribution in [0, 0.1) is 0 Å². The molecule has 2 N–H and O–H groups in total. The maximum Gasteiger partial charge on any atom is 0.251 e. The summed E-state index contributed by atoms with van der Waals surface area (Å²) >= 11 is 0. The van der Waals surface area contributed by atoms with Crippen molar-refractivity contribution in [1.29, 1.82) is 0 Å². The summed E-state index contributed by atoms with van der Waals surface area (Å²) in [6, 6.07) is 8.47. The number of aliphatic hydroxyl groups is 1. The van der Waals surface area contributed by atoms with Crippen LogP contribution in [-0.4, -0.2) is 52.4 Å². The van der Waals surface area contributed by atoms with Crippen molar-refractivity contribution in [2.24, 2.45) is 0 Å². The molecule has 0 aliphatic heterocycles. The number of carbonyl (C=O) groups is 2. The first-order chi connectivity index (χ1) is 14.7. The fourth-order valence-electron chi connectivity index (χ4n) is 3.31. The van der Waals surface area contributed by atoms with E-state index < -0.39 is 5.60 Å². The Morgan fingerprint density at radius 2 is 1.90 bits per heavy atom. The van der Waals surface area contributed by atoms with Crippen molar-refractivity contribution < 1.29 is 19.5 Å². The van der Waals surface area contributed by atoms with Crippen molar-refractivity contribution >= 4 is 23.2 Å². The van der Waals surface area contributed by atoms with Crippen LogP contribution in [0.25, 0.3) is 10.9 Å². The zero-order valence-electron chi connectivity index (χ0n) is 18.6. The minimum Gasteiger partial charge on any atom is -0.395 e. The lowest BCUT2D eigenvalue weighted by Gasteiger charge is -2.26. The molecule has 0 fully saturated rings. The second-order valence-corrected chi connectivity index (χ2v) is 8.44. The molecule has 8 nitrogen and oxygen atoms in total. The van der Waals surface area contributed by atoms with Gasteiger partial charge in [-0.15, -0.1) is 0 Å². The Morgan fingerprint density at radius 1 is 1.16 bits per heavy atom. The number of benzene rings is 1. The largest absolute Gasteiger partial charge is 0.395 e. The van der Waals surface area contributed by atoms with Crippen LogP contribution in [0.3, 0.4) is 0 Å². The smallest absolute Gasteiger partial charge is 0.251 e. The third-order valence-electron chi connectivity index (χ3n) is 4.67. The minimum absolute atomic E-state index is 0.0734. The van der Waals surface area contributed by atoms with E-state index >= 15 is 0 Å². The lowest BCUT2D eigenvalue weighted by Crippen LogP contribution is -2.33. The number of amides is 2. The lowest BCUT2D eigenvalue weighted by molar-refractivity contribution is -0.216. The van der Waals surface area contributed by atoms with Crippen LogP contribution in [0.15, 0.2) is 35.1 Å². The van der Waals surface area contributed by atoms with Crippen LogP contribution < -0.4 is 10.9 Å². The van der Waals surface area contributed by atoms with Crippen molar-refractivity contribution in [1.82, 2.24) is 14.9 Å². The standard InChI is InChI=1S/C23H33N3O5/c1-23(2,3)31-25(17-28)13-6-4-5-7-14-26-20-10-8-19(22(30)24-12-15-27)16-18(20)9-11-21(26)29/h8-11,16-17,27H,4-7,12-15H2,1-3H3,(H,24,30). The first kappa shape index (κ1) is 24.6. The Hall–Kier alpha value is -2.71. The molecule has 0 radical (unpaired) electrons. The average Bonchev–Trinajstić information content (AvgIpc) is 2.73. The Balaban J connectivity index is 1.91. The first-order valence-electron chi connectivity index (χ1n) is 10.7. The van der Waals surface area contributed by atoms with Crippen molar-refractivity contribution in [3.05, 3.63) is 46.2 Å². The van der Waals surface area contributed by atoms with Crippen molar-refractivity contribution in [3.8, 4) is 0 Å². The van der Waals surface area contributed by atoms with Gasteiger partial charge in [0.05, 0.1) is 17.7 Å². The van der Waals surface area contributed by atoms with Gasteiger partial charge in [-0.1, -0.05) is 12.8 Å². The summed E-state index contributed by atoms with van der Waals surface area (Å²) in [5, 5.41) is 13.6. The van der Waals surface area contributed by atoms with Gasteiger partial charge >= 0.3 is 0 Å². The number of hydroxylamine groups is 2. The van der Waals surface area contributed by atoms with E-state index in [1.807, 2.05) is 20.8 Å². The molecule has 1 aromatic carbocycles. The molecule has 2 aromatic rings. The number of unbranched alkanes of at least 4 members (excludes halogenated alkanes) is 3. The number of aliphatic hydroxyl groups excluding tert-OH is 1. The number of nitrogens with zero attached hydrogens (tertiary/aromatic N) is 2. The Kier molecular flexibility index (Phi) is 9.21. The molecule has 0 unspecified atom stereocenters. The molecule has 0 spiro atoms. The van der Waals surface area contributed by atoms with E-state index in [4.69, 9.17) is 9.94 Å². The molecule has 0 bridgehead atoms. The highest BCUT2D eigenvalue weighted by molar-refractivity contribution is 5.97. The summed E-state index contributed by atoms with van der Waals surface area (Å²) < 4.78 is 1.73. The van der Waals surface area contributed by atoms with E-state index in [0.29, 0.717) is 25.1 Å². The number of aromatic nitrogens is 1. The number of rotatable bonds is 12. The highest BCUT2D eigenvalue weighted by Crippen LogP contribution is 2.16. The lowest BCUT2D eigenvalue weighted by atomic mass is 10.1. The SMILES string of the molecule is CC(C)(C)ON(C=O)CCCCCCn1c(=O)ccc2cc(C(=O)NCCO)ccc21. The number of fused-ring (bicyclic) bond motifs is 1. The zero-order valence-corrected chi connectivity index (χ0v) is 18.6. The third kappa shape index (κ3) is 7.80. The van der Waals surface area contributed by atoms with Gasteiger partial charge in [-0.05, 0) is 63.3 Å². The van der Waals surface area contributed by atoms with Crippen LogP contribution in [0.5, 0.6) is 0 Å². The molecule has 0 aliphatic carbocycles. The number of carbonyl (C=O) groups excluding carboxylic acids is 2. The molecule has 31 heavy (non-hydrogen) atoms. The summed E-state index contributed by atoms with van der Waals surface area (Å²) in [4.78, 5) is 41.1. The van der Waals surface area contributed by atoms with Gasteiger partial charge in [0, 0.05) is 31.3 Å². The number of aryl methyl sites for hydroxylation is 1. The van der Waals surface area contributed by atoms with Crippen molar-refractivity contribution in [2.75, 3.05) is 19.7 Å². The zero-order chi connectivity index (χ0) is 22.9. The molecular weight excluding hydrogens is 398 g/mol. The maximum absolute atomic E-state index is 12.4. The maximum atomic E-state index is 12.4. The van der Waals surface area contributed by atoms with E-state index in [1.54, 1.807) is 28.8 Å². The van der Waals surface area contributed by atoms with E-state index in [-0.39, 0.29) is 24.6 Å². The Morgan fingerprint density at radius 3 is 2.58 bits per heavy atom. The molecule has 170 valence electrons. The number of pyridine rings is 1. The molecule has 8 heteroatoms. The first-order valence-corrected chi connectivity index (χ1v) is 10.7. The van der Waals surface area contributed by atoms with Crippen LogP contribution in [0.1, 0.15) is 56.8 Å². The van der Waals surface area contributed by atoms with E-state index in [9.17, 15) is 14.4 Å². The molecule has 0 aliphatic rings. The highest BCUT2D eigenvalue weighted by atomic mass is 16.7. The second-order valence-electron chi connectivity index (χ2n) is 8.44. The van der Waals surface area contributed by atoms with E-state index in [0.717, 1.165) is 36.6 Å². The Bertz CT molecular complexity index is 933. The van der Waals surface area contributed by atoms with Gasteiger partial charge in [0.15, 0.2) is 0 Å². The second kappa shape index (κ2) is 11.6. The van der Waals surface area contributed by atoms with Crippen LogP contribution in [0.4, 0.5) is 0 Å². The number of nitrogens with one attached hydrogen (secondary N) is 1. The van der Waals surface area contributed by atoms with Crippen molar-refractivity contribution in [3.63, 3.8) is 0 Å². The molecule has 2 amide bonds. The molecule has 1 heterocycles. The topological polar surface area (TPSA) is 101 Å². The van der Waals surface area contributed by atoms with Crippen LogP contribution >= 0.6 is 0 Å². The van der Waals surface area contributed by atoms with Gasteiger partial charge in [-0.25, -0.2) is 5.06 Å². The molecule has 2 rings (SSSR count). The van der Waals surface area contributed by atoms with Gasteiger partial charge in [0.1, 0.15) is 0 Å². The van der Waals surface area contributed by atoms with Crippen molar-refractivity contribution in [2.45, 2.75) is 58.6 Å². The van der Waals surface area contributed by atoms with Crippen LogP contribution in [-0.2, 0) is 16.2 Å².